The van der Waals surface area contributed by atoms with Crippen LogP contribution in [0.15, 0.2) is 35.3 Å². The third-order valence-corrected chi connectivity index (χ3v) is 3.63. The maximum absolute atomic E-state index is 12.9. The third-order valence-electron chi connectivity index (χ3n) is 2.47. The Morgan fingerprint density at radius 2 is 2.15 bits per heavy atom. The van der Waals surface area contributed by atoms with E-state index in [1.165, 1.54) is 30.6 Å². The Morgan fingerprint density at radius 1 is 1.45 bits per heavy atom. The van der Waals surface area contributed by atoms with Crippen LogP contribution in [-0.4, -0.2) is 24.6 Å². The fourth-order valence-electron chi connectivity index (χ4n) is 1.57. The highest BCUT2D eigenvalue weighted by Gasteiger charge is 2.17. The zero-order valence-electron chi connectivity index (χ0n) is 10.5. The Morgan fingerprint density at radius 3 is 2.75 bits per heavy atom. The number of thiophene rings is 1. The number of aliphatic imine (C=N–C) groups is 1. The number of halogens is 1. The zero-order chi connectivity index (χ0) is 14.5. The van der Waals surface area contributed by atoms with E-state index >= 15 is 0 Å². The summed E-state index contributed by atoms with van der Waals surface area (Å²) in [5.74, 6) is -0.852. The number of esters is 1. The topological polar surface area (TPSA) is 70.9 Å². The van der Waals surface area contributed by atoms with Gasteiger partial charge in [0.05, 0.1) is 12.8 Å². The molecule has 0 atom stereocenters. The summed E-state index contributed by atoms with van der Waals surface area (Å²) in [4.78, 5) is 16.6. The van der Waals surface area contributed by atoms with Crippen LogP contribution in [0, 0.1) is 5.82 Å². The minimum atomic E-state index is -0.520. The number of carbonyl (C=O) groups is 1. The molecule has 0 fully saturated rings. The lowest BCUT2D eigenvalue weighted by atomic mass is 10.2. The molecule has 2 N–H and O–H groups in total. The number of hydroxylamine groups is 1. The normalized spacial score (nSPS) is 10.8. The van der Waals surface area contributed by atoms with Gasteiger partial charge in [0.15, 0.2) is 0 Å². The van der Waals surface area contributed by atoms with Crippen molar-refractivity contribution >= 4 is 29.3 Å². The number of benzene rings is 1. The van der Waals surface area contributed by atoms with E-state index in [9.17, 15) is 9.18 Å². The Kier molecular flexibility index (Phi) is 4.44. The summed E-state index contributed by atoms with van der Waals surface area (Å²) in [5.41, 5.74) is 2.90. The van der Waals surface area contributed by atoms with Crippen molar-refractivity contribution in [3.63, 3.8) is 0 Å². The van der Waals surface area contributed by atoms with Gasteiger partial charge in [0.2, 0.25) is 0 Å². The van der Waals surface area contributed by atoms with Gasteiger partial charge in [-0.3, -0.25) is 10.7 Å². The van der Waals surface area contributed by atoms with E-state index in [1.807, 2.05) is 0 Å². The quantitative estimate of drug-likeness (QED) is 0.393. The molecule has 0 aliphatic heterocycles. The largest absolute Gasteiger partial charge is 0.465 e. The van der Waals surface area contributed by atoms with Crippen molar-refractivity contribution < 1.29 is 19.1 Å². The smallest absolute Gasteiger partial charge is 0.350 e. The molecule has 0 radical (unpaired) electrons. The van der Waals surface area contributed by atoms with Crippen LogP contribution < -0.4 is 5.48 Å². The number of nitrogens with zero attached hydrogens (tertiary/aromatic N) is 1. The van der Waals surface area contributed by atoms with Gasteiger partial charge < -0.3 is 4.74 Å². The Balaban J connectivity index is 2.45. The summed E-state index contributed by atoms with van der Waals surface area (Å²) in [6.45, 7) is 0. The first kappa shape index (κ1) is 14.2. The third kappa shape index (κ3) is 3.01. The van der Waals surface area contributed by atoms with E-state index in [-0.39, 0.29) is 5.82 Å². The molecule has 104 valence electrons. The molecule has 0 amide bonds. The predicted molar refractivity (Wildman–Crippen MR) is 74.1 cm³/mol. The lowest BCUT2D eigenvalue weighted by Gasteiger charge is -1.96. The number of ether oxygens (including phenoxy) is 1. The van der Waals surface area contributed by atoms with Crippen molar-refractivity contribution in [3.8, 4) is 10.4 Å². The van der Waals surface area contributed by atoms with Crippen molar-refractivity contribution in [1.29, 1.82) is 0 Å². The molecule has 2 rings (SSSR count). The average molecular weight is 294 g/mol. The van der Waals surface area contributed by atoms with Gasteiger partial charge >= 0.3 is 5.97 Å². The van der Waals surface area contributed by atoms with Gasteiger partial charge in [-0.05, 0) is 23.8 Å². The van der Waals surface area contributed by atoms with Crippen LogP contribution in [0.1, 0.15) is 9.67 Å². The molecule has 5 nitrogen and oxygen atoms in total. The van der Waals surface area contributed by atoms with E-state index in [4.69, 9.17) is 5.21 Å². The first-order valence-corrected chi connectivity index (χ1v) is 6.37. The number of hydrogen-bond donors (Lipinski definition) is 2. The second-order valence-corrected chi connectivity index (χ2v) is 4.76. The first-order valence-electron chi connectivity index (χ1n) is 5.56. The van der Waals surface area contributed by atoms with Gasteiger partial charge in [0.25, 0.3) is 0 Å². The zero-order valence-corrected chi connectivity index (χ0v) is 11.3. The number of methoxy groups -OCH3 is 1. The molecule has 0 aliphatic carbocycles. The molecule has 1 aromatic carbocycles. The maximum Gasteiger partial charge on any atom is 0.350 e. The molecule has 7 heteroatoms. The fraction of sp³-hybridized carbons (Fsp3) is 0.0769. The molecular formula is C13H11FN2O3S. The van der Waals surface area contributed by atoms with E-state index in [1.54, 1.807) is 23.7 Å². The van der Waals surface area contributed by atoms with E-state index in [0.29, 0.717) is 10.6 Å². The Labute approximate surface area is 118 Å². The summed E-state index contributed by atoms with van der Waals surface area (Å²) in [6, 6.07) is 7.56. The number of rotatable bonds is 4. The number of hydrogen-bond acceptors (Lipinski definition) is 5. The van der Waals surface area contributed by atoms with Gasteiger partial charge in [-0.15, -0.1) is 11.3 Å². The van der Waals surface area contributed by atoms with Gasteiger partial charge in [-0.25, -0.2) is 14.2 Å². The predicted octanol–water partition coefficient (Wildman–Crippen LogP) is 2.98. The van der Waals surface area contributed by atoms with E-state index in [2.05, 4.69) is 9.73 Å². The van der Waals surface area contributed by atoms with Crippen LogP contribution in [-0.2, 0) is 4.74 Å². The van der Waals surface area contributed by atoms with E-state index in [0.717, 1.165) is 16.8 Å². The summed E-state index contributed by atoms with van der Waals surface area (Å²) in [6.07, 6.45) is 1.04. The Bertz CT molecular complexity index is 638. The highest BCUT2D eigenvalue weighted by atomic mass is 32.1. The minimum absolute atomic E-state index is 0.304. The molecule has 0 unspecified atom stereocenters. The number of carbonyl (C=O) groups excluding carboxylic acids is 1. The molecule has 1 aromatic heterocycles. The van der Waals surface area contributed by atoms with Gasteiger partial charge in [0, 0.05) is 4.88 Å². The number of nitrogens with one attached hydrogen (secondary N) is 1. The highest BCUT2D eigenvalue weighted by molar-refractivity contribution is 7.18. The summed E-state index contributed by atoms with van der Waals surface area (Å²) in [5, 5.41) is 8.51. The van der Waals surface area contributed by atoms with Crippen LogP contribution in [0.5, 0.6) is 0 Å². The Hall–Kier alpha value is -2.25. The highest BCUT2D eigenvalue weighted by Crippen LogP contribution is 2.36. The molecule has 2 aromatic rings. The molecule has 0 saturated carbocycles. The molecule has 0 saturated heterocycles. The first-order chi connectivity index (χ1) is 9.65. The molecule has 0 aliphatic rings. The maximum atomic E-state index is 12.9. The van der Waals surface area contributed by atoms with Crippen LogP contribution in [0.3, 0.4) is 0 Å². The fourth-order valence-corrected chi connectivity index (χ4v) is 2.60. The van der Waals surface area contributed by atoms with Crippen molar-refractivity contribution in [1.82, 2.24) is 5.48 Å². The minimum Gasteiger partial charge on any atom is -0.465 e. The van der Waals surface area contributed by atoms with Crippen molar-refractivity contribution in [2.45, 2.75) is 0 Å². The molecule has 0 spiro atoms. The second kappa shape index (κ2) is 6.27. The lowest BCUT2D eigenvalue weighted by molar-refractivity contribution is 0.0607. The van der Waals surface area contributed by atoms with Gasteiger partial charge in [-0.1, -0.05) is 12.1 Å². The van der Waals surface area contributed by atoms with Gasteiger partial charge in [0.1, 0.15) is 17.0 Å². The van der Waals surface area contributed by atoms with Crippen molar-refractivity contribution in [3.05, 3.63) is 41.0 Å². The molecule has 0 bridgehead atoms. The van der Waals surface area contributed by atoms with Crippen LogP contribution in [0.2, 0.25) is 0 Å². The summed E-state index contributed by atoms with van der Waals surface area (Å²) >= 11 is 1.18. The molecule has 1 heterocycles. The molecule has 20 heavy (non-hydrogen) atoms. The summed E-state index contributed by atoms with van der Waals surface area (Å²) in [7, 11) is 1.28. The SMILES string of the molecule is COC(=O)c1sc(-c2ccc(F)cc2)cc1N=CNO. The van der Waals surface area contributed by atoms with Crippen LogP contribution in [0.4, 0.5) is 10.1 Å². The van der Waals surface area contributed by atoms with Crippen LogP contribution in [0.25, 0.3) is 10.4 Å². The average Bonchev–Trinajstić information content (AvgIpc) is 2.89. The van der Waals surface area contributed by atoms with E-state index < -0.39 is 5.97 Å². The monoisotopic (exact) mass is 294 g/mol. The van der Waals surface area contributed by atoms with Crippen molar-refractivity contribution in [2.24, 2.45) is 4.99 Å². The van der Waals surface area contributed by atoms with Gasteiger partial charge in [-0.2, -0.15) is 0 Å². The standard InChI is InChI=1S/C13H11FN2O3S/c1-19-13(17)12-10(15-7-16-18)6-11(20-12)8-2-4-9(14)5-3-8/h2-7,18H,1H3,(H,15,16). The van der Waals surface area contributed by atoms with Crippen molar-refractivity contribution in [2.75, 3.05) is 7.11 Å². The summed E-state index contributed by atoms with van der Waals surface area (Å²) < 4.78 is 17.6. The van der Waals surface area contributed by atoms with Crippen LogP contribution >= 0.6 is 11.3 Å². The molecular weight excluding hydrogens is 283 g/mol. The lowest BCUT2D eigenvalue weighted by Crippen LogP contribution is -2.02. The second-order valence-electron chi connectivity index (χ2n) is 3.71.